The second-order valence-corrected chi connectivity index (χ2v) is 20.0. The summed E-state index contributed by atoms with van der Waals surface area (Å²) >= 11 is 0. The molecular formula is C37H50N8O6Si. The molecule has 2 aromatic heterocycles. The Morgan fingerprint density at radius 3 is 2.00 bits per heavy atom. The van der Waals surface area contributed by atoms with Gasteiger partial charge in [0, 0.05) is 18.3 Å². The molecule has 14 nitrogen and oxygen atoms in total. The fourth-order valence-corrected chi connectivity index (χ4v) is 9.80. The minimum absolute atomic E-state index is 0.111. The number of ether oxygens (including phenoxy) is 2. The van der Waals surface area contributed by atoms with Gasteiger partial charge in [-0.3, -0.25) is 9.59 Å². The largest absolute Gasteiger partial charge is 0.453 e. The van der Waals surface area contributed by atoms with Gasteiger partial charge in [0.05, 0.1) is 52.5 Å². The number of carbonyl (C=O) groups excluding carboxylic acids is 4. The molecule has 2 saturated heterocycles. The van der Waals surface area contributed by atoms with Gasteiger partial charge in [-0.1, -0.05) is 58.8 Å². The highest BCUT2D eigenvalue weighted by Crippen LogP contribution is 2.37. The first-order valence-corrected chi connectivity index (χ1v) is 21.1. The third kappa shape index (κ3) is 8.67. The van der Waals surface area contributed by atoms with Gasteiger partial charge in [0.2, 0.25) is 11.8 Å². The van der Waals surface area contributed by atoms with E-state index in [1.54, 1.807) is 17.3 Å². The van der Waals surface area contributed by atoms with E-state index in [0.29, 0.717) is 30.1 Å². The van der Waals surface area contributed by atoms with Crippen molar-refractivity contribution < 1.29 is 28.7 Å². The number of hydrogen-bond acceptors (Lipinski definition) is 8. The summed E-state index contributed by atoms with van der Waals surface area (Å²) in [4.78, 5) is 70.8. The van der Waals surface area contributed by atoms with E-state index >= 15 is 0 Å². The van der Waals surface area contributed by atoms with Crippen LogP contribution in [0.1, 0.15) is 75.5 Å². The van der Waals surface area contributed by atoms with E-state index in [-0.39, 0.29) is 35.7 Å². The Labute approximate surface area is 305 Å². The summed E-state index contributed by atoms with van der Waals surface area (Å²) < 4.78 is 9.51. The first-order chi connectivity index (χ1) is 24.7. The van der Waals surface area contributed by atoms with Crippen molar-refractivity contribution in [3.63, 3.8) is 0 Å². The van der Waals surface area contributed by atoms with Crippen LogP contribution in [0.25, 0.3) is 11.3 Å². The van der Waals surface area contributed by atoms with E-state index in [2.05, 4.69) is 55.5 Å². The summed E-state index contributed by atoms with van der Waals surface area (Å²) in [6, 6.07) is 6.80. The van der Waals surface area contributed by atoms with Crippen LogP contribution in [0.15, 0.2) is 36.7 Å². The first kappa shape index (κ1) is 38.1. The average molecular weight is 731 g/mol. The van der Waals surface area contributed by atoms with Gasteiger partial charge in [0.1, 0.15) is 29.4 Å². The number of carbonyl (C=O) groups is 4. The molecule has 0 spiro atoms. The smallest absolute Gasteiger partial charge is 0.407 e. The molecule has 0 aliphatic carbocycles. The van der Waals surface area contributed by atoms with Crippen LogP contribution < -0.4 is 10.6 Å². The van der Waals surface area contributed by atoms with Crippen LogP contribution in [0.5, 0.6) is 0 Å². The molecule has 0 radical (unpaired) electrons. The zero-order valence-electron chi connectivity index (χ0n) is 31.2. The number of rotatable bonds is 9. The zero-order chi connectivity index (χ0) is 37.7. The van der Waals surface area contributed by atoms with Gasteiger partial charge in [-0.2, -0.15) is 0 Å². The van der Waals surface area contributed by atoms with Gasteiger partial charge >= 0.3 is 12.2 Å². The number of methoxy groups -OCH3 is 2. The highest BCUT2D eigenvalue weighted by Gasteiger charge is 2.45. The van der Waals surface area contributed by atoms with Crippen LogP contribution in [0, 0.1) is 23.7 Å². The Morgan fingerprint density at radius 1 is 0.827 bits per heavy atom. The number of nitrogens with zero attached hydrogens (tertiary/aromatic N) is 4. The van der Waals surface area contributed by atoms with Crippen molar-refractivity contribution in [2.24, 2.45) is 11.8 Å². The van der Waals surface area contributed by atoms with E-state index in [0.717, 1.165) is 35.7 Å². The Balaban J connectivity index is 1.26. The van der Waals surface area contributed by atoms with Crippen molar-refractivity contribution in [2.75, 3.05) is 26.9 Å². The number of likely N-dealkylation sites (tertiary alicyclic amines) is 1. The molecule has 2 fully saturated rings. The number of nitrogens with one attached hydrogen (secondary N) is 4. The van der Waals surface area contributed by atoms with Crippen LogP contribution in [-0.4, -0.2) is 101 Å². The van der Waals surface area contributed by atoms with Crippen molar-refractivity contribution in [3.8, 4) is 23.1 Å². The predicted molar refractivity (Wildman–Crippen MR) is 197 cm³/mol. The third-order valence-corrected chi connectivity index (χ3v) is 12.4. The number of imidazole rings is 2. The van der Waals surface area contributed by atoms with Crippen molar-refractivity contribution in [3.05, 3.63) is 59.6 Å². The number of benzene rings is 1. The molecule has 15 heteroatoms. The monoisotopic (exact) mass is 730 g/mol. The van der Waals surface area contributed by atoms with Crippen LogP contribution in [0.2, 0.25) is 19.1 Å². The van der Waals surface area contributed by atoms with Crippen molar-refractivity contribution in [2.45, 2.75) is 83.8 Å². The average Bonchev–Trinajstić information content (AvgIpc) is 3.94. The number of hydrogen-bond donors (Lipinski definition) is 4. The Kier molecular flexibility index (Phi) is 11.8. The maximum absolute atomic E-state index is 13.7. The molecule has 3 aromatic rings. The van der Waals surface area contributed by atoms with E-state index in [1.165, 1.54) is 14.2 Å². The lowest BCUT2D eigenvalue weighted by Gasteiger charge is -2.30. The fourth-order valence-electron chi connectivity index (χ4n) is 6.91. The molecule has 52 heavy (non-hydrogen) atoms. The lowest BCUT2D eigenvalue weighted by Crippen LogP contribution is -2.52. The number of alkyl carbamates (subject to hydrolysis) is 2. The normalized spacial score (nSPS) is 19.2. The molecule has 1 aromatic carbocycles. The van der Waals surface area contributed by atoms with Crippen LogP contribution in [-0.2, 0) is 19.1 Å². The maximum atomic E-state index is 13.7. The standard InChI is InChI=1S/C37H50N8O6Si/c1-22(2)30(42-36(48)50-5)34(46)44-17-9-10-28(44)32-39-19-27(41-32)25-14-11-24(12-15-25)13-16-26-18-38-33(40-26)29-20-52(7,8)21-45(29)35(47)31(23(3)4)43-37(49)51-6/h11-12,14-15,18-19,22-23,28-31H,9-10,17,20-21H2,1-8H3,(H,38,40)(H,39,41)(H,42,48)(H,43,49)/t28-,29-,30-,31-/m0/s1. The molecule has 0 bridgehead atoms. The molecule has 4 heterocycles. The highest BCUT2D eigenvalue weighted by atomic mass is 28.3. The van der Waals surface area contributed by atoms with Gasteiger partial charge in [-0.15, -0.1) is 0 Å². The second-order valence-electron chi connectivity index (χ2n) is 14.9. The molecule has 4 atom stereocenters. The van der Waals surface area contributed by atoms with Gasteiger partial charge in [0.25, 0.3) is 0 Å². The highest BCUT2D eigenvalue weighted by molar-refractivity contribution is 6.78. The number of aromatic amines is 2. The summed E-state index contributed by atoms with van der Waals surface area (Å²) in [5, 5.41) is 5.39. The summed E-state index contributed by atoms with van der Waals surface area (Å²) in [5.41, 5.74) is 3.20. The number of aromatic nitrogens is 4. The topological polar surface area (TPSA) is 175 Å². The van der Waals surface area contributed by atoms with Crippen molar-refractivity contribution in [1.82, 2.24) is 40.4 Å². The molecular weight excluding hydrogens is 681 g/mol. The Hall–Kier alpha value is -5.10. The summed E-state index contributed by atoms with van der Waals surface area (Å²) in [5.74, 6) is 7.23. The van der Waals surface area contributed by atoms with E-state index < -0.39 is 32.3 Å². The number of amides is 4. The van der Waals surface area contributed by atoms with Crippen LogP contribution in [0.4, 0.5) is 9.59 Å². The van der Waals surface area contributed by atoms with E-state index in [9.17, 15) is 19.2 Å². The maximum Gasteiger partial charge on any atom is 0.407 e. The minimum Gasteiger partial charge on any atom is -0.453 e. The Morgan fingerprint density at radius 2 is 1.40 bits per heavy atom. The second kappa shape index (κ2) is 16.1. The molecule has 2 aliphatic heterocycles. The molecule has 2 aliphatic rings. The van der Waals surface area contributed by atoms with Gasteiger partial charge < -0.3 is 39.9 Å². The third-order valence-electron chi connectivity index (χ3n) is 9.68. The van der Waals surface area contributed by atoms with Crippen molar-refractivity contribution >= 4 is 32.1 Å². The van der Waals surface area contributed by atoms with Gasteiger partial charge in [0.15, 0.2) is 0 Å². The lowest BCUT2D eigenvalue weighted by atomic mass is 10.0. The first-order valence-electron chi connectivity index (χ1n) is 17.7. The SMILES string of the molecule is COC(=O)N[C@H](C(=O)N1C[Si](C)(C)C[C@H]1c1ncc(C#Cc2ccc(-c3cnc([C@@H]4CCCN4C(=O)[C@@H](NC(=O)OC)C(C)C)[nH]3)cc2)[nH]1)C(C)C. The van der Waals surface area contributed by atoms with Gasteiger partial charge in [-0.05, 0) is 54.3 Å². The molecule has 0 saturated carbocycles. The predicted octanol–water partition coefficient (Wildman–Crippen LogP) is 4.76. The number of H-pyrrole nitrogens is 2. The van der Waals surface area contributed by atoms with Crippen LogP contribution >= 0.6 is 0 Å². The molecule has 278 valence electrons. The minimum atomic E-state index is -1.74. The molecule has 4 N–H and O–H groups in total. The zero-order valence-corrected chi connectivity index (χ0v) is 32.2. The molecule has 4 amide bonds. The van der Waals surface area contributed by atoms with Gasteiger partial charge in [-0.25, -0.2) is 19.6 Å². The quantitative estimate of drug-likeness (QED) is 0.180. The van der Waals surface area contributed by atoms with E-state index in [4.69, 9.17) is 9.47 Å². The fraction of sp³-hybridized carbons (Fsp3) is 0.514. The molecule has 0 unspecified atom stereocenters. The lowest BCUT2D eigenvalue weighted by molar-refractivity contribution is -0.136. The molecule has 5 rings (SSSR count). The van der Waals surface area contributed by atoms with E-state index in [1.807, 2.05) is 56.9 Å². The van der Waals surface area contributed by atoms with Crippen molar-refractivity contribution in [1.29, 1.82) is 0 Å². The van der Waals surface area contributed by atoms with Crippen LogP contribution in [0.3, 0.4) is 0 Å². The summed E-state index contributed by atoms with van der Waals surface area (Å²) in [7, 11) is 0.825. The Bertz CT molecular complexity index is 1820. The summed E-state index contributed by atoms with van der Waals surface area (Å²) in [6.07, 6.45) is 4.47. The summed E-state index contributed by atoms with van der Waals surface area (Å²) in [6.45, 7) is 12.7.